The van der Waals surface area contributed by atoms with Crippen LogP contribution in [-0.2, 0) is 9.53 Å². The Hall–Kier alpha value is -2.36. The van der Waals surface area contributed by atoms with Gasteiger partial charge >= 0.3 is 5.97 Å². The van der Waals surface area contributed by atoms with Crippen molar-refractivity contribution in [1.82, 2.24) is 0 Å². The molecule has 2 rings (SSSR count). The van der Waals surface area contributed by atoms with Crippen molar-refractivity contribution in [3.63, 3.8) is 0 Å². The molecule has 0 fully saturated rings. The van der Waals surface area contributed by atoms with Gasteiger partial charge in [-0.2, -0.15) is 0 Å². The third-order valence-electron chi connectivity index (χ3n) is 2.85. The molecule has 0 saturated heterocycles. The third kappa shape index (κ3) is 2.96. The Kier molecular flexibility index (Phi) is 4.35. The molecular weight excluding hydrogens is 256 g/mol. The molecular formula is C16H16O4. The molecule has 0 aromatic heterocycles. The van der Waals surface area contributed by atoms with E-state index in [1.807, 2.05) is 25.1 Å². The molecule has 0 aliphatic rings. The summed E-state index contributed by atoms with van der Waals surface area (Å²) in [5.74, 6) is -0.662. The van der Waals surface area contributed by atoms with E-state index in [0.717, 1.165) is 16.5 Å². The number of carbonyl (C=O) groups excluding carboxylic acids is 2. The SMILES string of the molecule is CCOC(=O)C(=O)c1ccc2cc(OCC)ccc2c1. The number of esters is 1. The van der Waals surface area contributed by atoms with Crippen molar-refractivity contribution in [2.45, 2.75) is 13.8 Å². The van der Waals surface area contributed by atoms with Crippen molar-refractivity contribution < 1.29 is 19.1 Å². The molecule has 0 aliphatic carbocycles. The van der Waals surface area contributed by atoms with Crippen LogP contribution in [0.3, 0.4) is 0 Å². The van der Waals surface area contributed by atoms with Crippen molar-refractivity contribution in [3.05, 3.63) is 42.0 Å². The maximum absolute atomic E-state index is 11.8. The largest absolute Gasteiger partial charge is 0.494 e. The molecule has 0 unspecified atom stereocenters. The minimum atomic E-state index is -0.821. The summed E-state index contributed by atoms with van der Waals surface area (Å²) in [6, 6.07) is 10.7. The molecule has 0 N–H and O–H groups in total. The summed E-state index contributed by atoms with van der Waals surface area (Å²) in [6.07, 6.45) is 0. The van der Waals surface area contributed by atoms with E-state index >= 15 is 0 Å². The predicted molar refractivity (Wildman–Crippen MR) is 76.1 cm³/mol. The fourth-order valence-electron chi connectivity index (χ4n) is 1.94. The molecule has 4 nitrogen and oxygen atoms in total. The first-order valence-electron chi connectivity index (χ1n) is 6.53. The molecule has 0 aliphatic heterocycles. The summed E-state index contributed by atoms with van der Waals surface area (Å²) in [7, 11) is 0. The van der Waals surface area contributed by atoms with Gasteiger partial charge in [-0.15, -0.1) is 0 Å². The average Bonchev–Trinajstić information content (AvgIpc) is 2.46. The van der Waals surface area contributed by atoms with E-state index in [9.17, 15) is 9.59 Å². The van der Waals surface area contributed by atoms with E-state index in [2.05, 4.69) is 0 Å². The highest BCUT2D eigenvalue weighted by atomic mass is 16.5. The van der Waals surface area contributed by atoms with Gasteiger partial charge in [-0.3, -0.25) is 4.79 Å². The number of ether oxygens (including phenoxy) is 2. The van der Waals surface area contributed by atoms with Gasteiger partial charge in [-0.25, -0.2) is 4.79 Å². The molecule has 0 heterocycles. The number of hydrogen-bond acceptors (Lipinski definition) is 4. The lowest BCUT2D eigenvalue weighted by Crippen LogP contribution is -2.17. The monoisotopic (exact) mass is 272 g/mol. The summed E-state index contributed by atoms with van der Waals surface area (Å²) in [4.78, 5) is 23.3. The fraction of sp³-hybridized carbons (Fsp3) is 0.250. The summed E-state index contributed by atoms with van der Waals surface area (Å²) >= 11 is 0. The van der Waals surface area contributed by atoms with Crippen molar-refractivity contribution >= 4 is 22.5 Å². The minimum Gasteiger partial charge on any atom is -0.494 e. The molecule has 20 heavy (non-hydrogen) atoms. The number of hydrogen-bond donors (Lipinski definition) is 0. The highest BCUT2D eigenvalue weighted by molar-refractivity contribution is 6.40. The molecule has 2 aromatic rings. The van der Waals surface area contributed by atoms with E-state index in [1.165, 1.54) is 0 Å². The van der Waals surface area contributed by atoms with Crippen LogP contribution in [0.4, 0.5) is 0 Å². The van der Waals surface area contributed by atoms with Crippen LogP contribution in [0.1, 0.15) is 24.2 Å². The summed E-state index contributed by atoms with van der Waals surface area (Å²) in [5, 5.41) is 1.83. The van der Waals surface area contributed by atoms with Gasteiger partial charge in [0.2, 0.25) is 0 Å². The molecule has 0 spiro atoms. The van der Waals surface area contributed by atoms with Gasteiger partial charge in [0.25, 0.3) is 5.78 Å². The summed E-state index contributed by atoms with van der Waals surface area (Å²) < 4.78 is 10.1. The van der Waals surface area contributed by atoms with Gasteiger partial charge in [0.05, 0.1) is 13.2 Å². The Balaban J connectivity index is 2.32. The normalized spacial score (nSPS) is 10.3. The van der Waals surface area contributed by atoms with Gasteiger partial charge in [0.15, 0.2) is 0 Å². The number of Topliss-reactive ketones (excluding diaryl/α,β-unsaturated/α-hetero) is 1. The zero-order chi connectivity index (χ0) is 14.5. The molecule has 0 atom stereocenters. The van der Waals surface area contributed by atoms with Crippen LogP contribution in [0, 0.1) is 0 Å². The van der Waals surface area contributed by atoms with Crippen LogP contribution in [-0.4, -0.2) is 25.0 Å². The Labute approximate surface area is 117 Å². The first-order chi connectivity index (χ1) is 9.65. The number of carbonyl (C=O) groups is 2. The Morgan fingerprint density at radius 2 is 1.65 bits per heavy atom. The molecule has 0 bridgehead atoms. The van der Waals surface area contributed by atoms with E-state index in [0.29, 0.717) is 12.2 Å². The third-order valence-corrected chi connectivity index (χ3v) is 2.85. The lowest BCUT2D eigenvalue weighted by Gasteiger charge is -2.06. The Morgan fingerprint density at radius 3 is 2.35 bits per heavy atom. The maximum Gasteiger partial charge on any atom is 0.379 e. The lowest BCUT2D eigenvalue weighted by molar-refractivity contribution is -0.137. The van der Waals surface area contributed by atoms with Crippen LogP contribution >= 0.6 is 0 Å². The second-order valence-electron chi connectivity index (χ2n) is 4.21. The second kappa shape index (κ2) is 6.19. The zero-order valence-corrected chi connectivity index (χ0v) is 11.5. The van der Waals surface area contributed by atoms with E-state index in [-0.39, 0.29) is 6.61 Å². The Bertz CT molecular complexity index is 646. The van der Waals surface area contributed by atoms with Crippen molar-refractivity contribution in [2.75, 3.05) is 13.2 Å². The van der Waals surface area contributed by atoms with Crippen LogP contribution in [0.5, 0.6) is 5.75 Å². The topological polar surface area (TPSA) is 52.6 Å². The molecule has 0 amide bonds. The quantitative estimate of drug-likeness (QED) is 0.477. The molecule has 0 radical (unpaired) electrons. The van der Waals surface area contributed by atoms with Gasteiger partial charge in [-0.1, -0.05) is 18.2 Å². The number of ketones is 1. The zero-order valence-electron chi connectivity index (χ0n) is 11.5. The second-order valence-corrected chi connectivity index (χ2v) is 4.21. The highest BCUT2D eigenvalue weighted by Gasteiger charge is 2.17. The predicted octanol–water partition coefficient (Wildman–Crippen LogP) is 2.98. The molecule has 2 aromatic carbocycles. The molecule has 4 heteroatoms. The summed E-state index contributed by atoms with van der Waals surface area (Å²) in [5.41, 5.74) is 0.333. The Morgan fingerprint density at radius 1 is 0.950 bits per heavy atom. The van der Waals surface area contributed by atoms with Crippen LogP contribution in [0.2, 0.25) is 0 Å². The van der Waals surface area contributed by atoms with E-state index < -0.39 is 11.8 Å². The molecule has 0 saturated carbocycles. The molecule has 104 valence electrons. The van der Waals surface area contributed by atoms with Gasteiger partial charge in [0.1, 0.15) is 5.75 Å². The minimum absolute atomic E-state index is 0.190. The number of fused-ring (bicyclic) bond motifs is 1. The summed E-state index contributed by atoms with van der Waals surface area (Å²) in [6.45, 7) is 4.38. The maximum atomic E-state index is 11.8. The van der Waals surface area contributed by atoms with Crippen molar-refractivity contribution in [2.24, 2.45) is 0 Å². The first kappa shape index (κ1) is 14.1. The van der Waals surface area contributed by atoms with Gasteiger partial charge in [0, 0.05) is 5.56 Å². The van der Waals surface area contributed by atoms with E-state index in [1.54, 1.807) is 25.1 Å². The number of benzene rings is 2. The van der Waals surface area contributed by atoms with Crippen molar-refractivity contribution in [1.29, 1.82) is 0 Å². The fourth-order valence-corrected chi connectivity index (χ4v) is 1.94. The van der Waals surface area contributed by atoms with Gasteiger partial charge < -0.3 is 9.47 Å². The smallest absolute Gasteiger partial charge is 0.379 e. The van der Waals surface area contributed by atoms with E-state index in [4.69, 9.17) is 9.47 Å². The van der Waals surface area contributed by atoms with Crippen LogP contribution in [0.25, 0.3) is 10.8 Å². The first-order valence-corrected chi connectivity index (χ1v) is 6.53. The van der Waals surface area contributed by atoms with Gasteiger partial charge in [-0.05, 0) is 42.8 Å². The van der Waals surface area contributed by atoms with Crippen LogP contribution in [0.15, 0.2) is 36.4 Å². The number of rotatable bonds is 5. The average molecular weight is 272 g/mol. The standard InChI is InChI=1S/C16H16O4/c1-3-19-14-8-7-11-9-13(6-5-12(11)10-14)15(17)16(18)20-4-2/h5-10H,3-4H2,1-2H3. The lowest BCUT2D eigenvalue weighted by atomic mass is 10.0. The van der Waals surface area contributed by atoms with Crippen molar-refractivity contribution in [3.8, 4) is 5.75 Å². The highest BCUT2D eigenvalue weighted by Crippen LogP contribution is 2.22. The van der Waals surface area contributed by atoms with Crippen LogP contribution < -0.4 is 4.74 Å².